The van der Waals surface area contributed by atoms with Crippen molar-refractivity contribution in [3.8, 4) is 11.5 Å². The number of hydrogen-bond acceptors (Lipinski definition) is 4. The van der Waals surface area contributed by atoms with Crippen molar-refractivity contribution in [2.45, 2.75) is 25.3 Å². The van der Waals surface area contributed by atoms with Crippen LogP contribution in [0, 0.1) is 11.7 Å². The lowest BCUT2D eigenvalue weighted by molar-refractivity contribution is -0.119. The molecule has 1 amide bonds. The molecular formula is C19H20ClFN4O2. The van der Waals surface area contributed by atoms with Crippen molar-refractivity contribution in [1.29, 1.82) is 0 Å². The Bertz CT molecular complexity index is 962. The van der Waals surface area contributed by atoms with Crippen LogP contribution in [0.25, 0.3) is 11.0 Å². The number of aromatic amines is 1. The molecule has 2 heterocycles. The first kappa shape index (κ1) is 19.1. The number of benzene rings is 1. The van der Waals surface area contributed by atoms with Gasteiger partial charge in [0.1, 0.15) is 11.4 Å². The predicted molar refractivity (Wildman–Crippen MR) is 104 cm³/mol. The molecule has 142 valence electrons. The third-order valence-corrected chi connectivity index (χ3v) is 4.68. The lowest BCUT2D eigenvalue weighted by atomic mass is 10.1. The number of fused-ring (bicyclic) bond motifs is 1. The summed E-state index contributed by atoms with van der Waals surface area (Å²) >= 11 is 0. The lowest BCUT2D eigenvalue weighted by Crippen LogP contribution is -2.23. The van der Waals surface area contributed by atoms with E-state index in [2.05, 4.69) is 15.3 Å². The number of carbonyl (C=O) groups is 1. The molecule has 1 aliphatic carbocycles. The van der Waals surface area contributed by atoms with E-state index in [0.717, 1.165) is 18.2 Å². The minimum absolute atomic E-state index is 0. The summed E-state index contributed by atoms with van der Waals surface area (Å²) in [6.07, 6.45) is 5.62. The number of hydrogen-bond donors (Lipinski definition) is 3. The van der Waals surface area contributed by atoms with Crippen LogP contribution in [-0.2, 0) is 4.79 Å². The zero-order valence-corrected chi connectivity index (χ0v) is 15.3. The Hall–Kier alpha value is -2.64. The van der Waals surface area contributed by atoms with Crippen molar-refractivity contribution in [3.05, 3.63) is 48.5 Å². The summed E-state index contributed by atoms with van der Waals surface area (Å²) in [5, 5.41) is 3.52. The van der Waals surface area contributed by atoms with Gasteiger partial charge in [-0.25, -0.2) is 9.37 Å². The van der Waals surface area contributed by atoms with Crippen molar-refractivity contribution in [2.24, 2.45) is 11.7 Å². The normalized spacial score (nSPS) is 18.9. The molecule has 1 fully saturated rings. The molecule has 3 aromatic rings. The molecule has 1 aromatic carbocycles. The fourth-order valence-corrected chi connectivity index (χ4v) is 3.30. The number of halogens is 2. The molecule has 2 atom stereocenters. The number of aromatic nitrogens is 2. The van der Waals surface area contributed by atoms with Crippen molar-refractivity contribution in [2.75, 3.05) is 5.32 Å². The second-order valence-electron chi connectivity index (χ2n) is 6.56. The second-order valence-corrected chi connectivity index (χ2v) is 6.56. The standard InChI is InChI=1S/C19H19FN4O2.ClH/c20-15-10-13(24-19(25)11-1-2-12(21)9-11)3-4-17(15)26-16-6-8-23-18-14(16)5-7-22-18;/h3-8,10-12H,1-2,9,21H2,(H,22,23)(H,24,25);1H. The number of nitrogens with zero attached hydrogens (tertiary/aromatic N) is 1. The van der Waals surface area contributed by atoms with Gasteiger partial charge in [-0.2, -0.15) is 0 Å². The Morgan fingerprint density at radius 3 is 2.85 bits per heavy atom. The average molecular weight is 391 g/mol. The maximum absolute atomic E-state index is 14.4. The molecule has 1 saturated carbocycles. The number of nitrogens with two attached hydrogens (primary N) is 1. The number of rotatable bonds is 4. The SMILES string of the molecule is Cl.NC1CCC(C(=O)Nc2ccc(Oc3ccnc4[nH]ccc34)c(F)c2)C1. The first-order valence-electron chi connectivity index (χ1n) is 8.56. The molecule has 27 heavy (non-hydrogen) atoms. The van der Waals surface area contributed by atoms with Gasteiger partial charge in [-0.1, -0.05) is 0 Å². The number of ether oxygens (including phenoxy) is 1. The topological polar surface area (TPSA) is 93.0 Å². The van der Waals surface area contributed by atoms with E-state index in [9.17, 15) is 9.18 Å². The molecule has 4 rings (SSSR count). The highest BCUT2D eigenvalue weighted by Gasteiger charge is 2.27. The largest absolute Gasteiger partial charge is 0.453 e. The van der Waals surface area contributed by atoms with Crippen molar-refractivity contribution in [1.82, 2.24) is 9.97 Å². The third-order valence-electron chi connectivity index (χ3n) is 4.68. The molecule has 2 unspecified atom stereocenters. The van der Waals surface area contributed by atoms with E-state index in [1.165, 1.54) is 12.1 Å². The van der Waals surface area contributed by atoms with Crippen LogP contribution in [0.4, 0.5) is 10.1 Å². The van der Waals surface area contributed by atoms with Gasteiger partial charge < -0.3 is 20.8 Å². The molecule has 4 N–H and O–H groups in total. The fourth-order valence-electron chi connectivity index (χ4n) is 3.30. The van der Waals surface area contributed by atoms with E-state index < -0.39 is 5.82 Å². The highest BCUT2D eigenvalue weighted by molar-refractivity contribution is 5.92. The Labute approximate surface area is 161 Å². The highest BCUT2D eigenvalue weighted by Crippen LogP contribution is 2.31. The average Bonchev–Trinajstić information content (AvgIpc) is 3.26. The number of nitrogens with one attached hydrogen (secondary N) is 2. The Morgan fingerprint density at radius 1 is 1.26 bits per heavy atom. The number of anilines is 1. The van der Waals surface area contributed by atoms with Crippen LogP contribution in [-0.4, -0.2) is 21.9 Å². The molecule has 1 aliphatic rings. The van der Waals surface area contributed by atoms with Crippen LogP contribution in [0.2, 0.25) is 0 Å². The number of amides is 1. The van der Waals surface area contributed by atoms with E-state index in [4.69, 9.17) is 10.5 Å². The highest BCUT2D eigenvalue weighted by atomic mass is 35.5. The maximum Gasteiger partial charge on any atom is 0.227 e. The molecule has 2 aromatic heterocycles. The fraction of sp³-hybridized carbons (Fsp3) is 0.263. The van der Waals surface area contributed by atoms with Crippen LogP contribution < -0.4 is 15.8 Å². The lowest BCUT2D eigenvalue weighted by Gasteiger charge is -2.12. The Morgan fingerprint density at radius 2 is 2.11 bits per heavy atom. The first-order valence-corrected chi connectivity index (χ1v) is 8.56. The summed E-state index contributed by atoms with van der Waals surface area (Å²) in [4.78, 5) is 19.4. The number of pyridine rings is 1. The molecule has 6 nitrogen and oxygen atoms in total. The molecule has 8 heteroatoms. The van der Waals surface area contributed by atoms with Crippen LogP contribution in [0.3, 0.4) is 0 Å². The van der Waals surface area contributed by atoms with Crippen LogP contribution >= 0.6 is 12.4 Å². The van der Waals surface area contributed by atoms with E-state index >= 15 is 0 Å². The summed E-state index contributed by atoms with van der Waals surface area (Å²) in [7, 11) is 0. The Balaban J connectivity index is 0.00000210. The summed E-state index contributed by atoms with van der Waals surface area (Å²) in [5.41, 5.74) is 6.91. The first-order chi connectivity index (χ1) is 12.6. The summed E-state index contributed by atoms with van der Waals surface area (Å²) in [5.74, 6) is -0.185. The smallest absolute Gasteiger partial charge is 0.227 e. The van der Waals surface area contributed by atoms with Gasteiger partial charge in [0.15, 0.2) is 11.6 Å². The summed E-state index contributed by atoms with van der Waals surface area (Å²) in [6.45, 7) is 0. The van der Waals surface area contributed by atoms with E-state index in [1.54, 1.807) is 24.5 Å². The molecular weight excluding hydrogens is 371 g/mol. The van der Waals surface area contributed by atoms with Crippen LogP contribution in [0.5, 0.6) is 11.5 Å². The molecule has 0 radical (unpaired) electrons. The van der Waals surface area contributed by atoms with Crippen molar-refractivity contribution >= 4 is 35.0 Å². The predicted octanol–water partition coefficient (Wildman–Crippen LogP) is 3.98. The minimum atomic E-state index is -0.550. The number of carbonyl (C=O) groups excluding carboxylic acids is 1. The zero-order valence-electron chi connectivity index (χ0n) is 14.4. The van der Waals surface area contributed by atoms with Gasteiger partial charge in [0.2, 0.25) is 5.91 Å². The molecule has 0 spiro atoms. The van der Waals surface area contributed by atoms with Gasteiger partial charge in [-0.05, 0) is 43.5 Å². The van der Waals surface area contributed by atoms with Gasteiger partial charge >= 0.3 is 0 Å². The van der Waals surface area contributed by atoms with E-state index in [0.29, 0.717) is 23.5 Å². The van der Waals surface area contributed by atoms with Crippen LogP contribution in [0.15, 0.2) is 42.7 Å². The quantitative estimate of drug-likeness (QED) is 0.628. The maximum atomic E-state index is 14.4. The zero-order chi connectivity index (χ0) is 18.1. The van der Waals surface area contributed by atoms with Gasteiger partial charge in [0.25, 0.3) is 0 Å². The van der Waals surface area contributed by atoms with Crippen LogP contribution in [0.1, 0.15) is 19.3 Å². The van der Waals surface area contributed by atoms with E-state index in [1.807, 2.05) is 6.07 Å². The number of H-pyrrole nitrogens is 1. The Kier molecular flexibility index (Phi) is 5.62. The molecule has 0 saturated heterocycles. The summed E-state index contributed by atoms with van der Waals surface area (Å²) in [6, 6.07) is 7.96. The second kappa shape index (κ2) is 7.94. The van der Waals surface area contributed by atoms with Crippen molar-refractivity contribution in [3.63, 3.8) is 0 Å². The summed E-state index contributed by atoms with van der Waals surface area (Å²) < 4.78 is 20.1. The third kappa shape index (κ3) is 4.04. The van der Waals surface area contributed by atoms with Gasteiger partial charge in [-0.3, -0.25) is 4.79 Å². The van der Waals surface area contributed by atoms with Gasteiger partial charge in [0, 0.05) is 36.1 Å². The molecule has 0 bridgehead atoms. The molecule has 0 aliphatic heterocycles. The van der Waals surface area contributed by atoms with Crippen molar-refractivity contribution < 1.29 is 13.9 Å². The van der Waals surface area contributed by atoms with E-state index in [-0.39, 0.29) is 36.0 Å². The van der Waals surface area contributed by atoms with Gasteiger partial charge in [-0.15, -0.1) is 12.4 Å². The monoisotopic (exact) mass is 390 g/mol. The van der Waals surface area contributed by atoms with Gasteiger partial charge in [0.05, 0.1) is 5.39 Å². The minimum Gasteiger partial charge on any atom is -0.453 e.